The fraction of sp³-hybridized carbons (Fsp3) is 0.571. The van der Waals surface area contributed by atoms with Gasteiger partial charge in [0.25, 0.3) is 0 Å². The lowest BCUT2D eigenvalue weighted by atomic mass is 9.89. The van der Waals surface area contributed by atoms with Gasteiger partial charge in [-0.25, -0.2) is 0 Å². The van der Waals surface area contributed by atoms with Crippen molar-refractivity contribution in [2.45, 2.75) is 36.8 Å². The molecule has 0 aromatic heterocycles. The maximum Gasteiger partial charge on any atom is 0.127 e. The highest BCUT2D eigenvalue weighted by molar-refractivity contribution is 8.00. The number of ether oxygens (including phenoxy) is 1. The number of rotatable bonds is 1. The van der Waals surface area contributed by atoms with Crippen molar-refractivity contribution in [3.05, 3.63) is 27.8 Å². The Bertz CT molecular complexity index is 501. The zero-order valence-electron chi connectivity index (χ0n) is 11.0. The van der Waals surface area contributed by atoms with Gasteiger partial charge in [0.1, 0.15) is 5.75 Å². The monoisotopic (exact) mass is 283 g/mol. The van der Waals surface area contributed by atoms with E-state index in [4.69, 9.17) is 16.3 Å². The minimum atomic E-state index is 0.151. The lowest BCUT2D eigenvalue weighted by molar-refractivity contribution is 0.352. The second kappa shape index (κ2) is 4.32. The predicted molar refractivity (Wildman–Crippen MR) is 77.8 cm³/mol. The van der Waals surface area contributed by atoms with Crippen LogP contribution in [-0.2, 0) is 12.2 Å². The summed E-state index contributed by atoms with van der Waals surface area (Å²) in [6.45, 7) is 5.33. The van der Waals surface area contributed by atoms with Gasteiger partial charge in [-0.1, -0.05) is 11.6 Å². The van der Waals surface area contributed by atoms with E-state index in [1.54, 1.807) is 0 Å². The zero-order chi connectivity index (χ0) is 12.9. The molecule has 1 aromatic rings. The zero-order valence-corrected chi connectivity index (χ0v) is 12.5. The summed E-state index contributed by atoms with van der Waals surface area (Å²) in [5, 5.41) is 4.31. The van der Waals surface area contributed by atoms with Crippen LogP contribution in [0.3, 0.4) is 0 Å². The van der Waals surface area contributed by atoms with Gasteiger partial charge in [-0.15, -0.1) is 11.8 Å². The Hall–Kier alpha value is -0.380. The minimum absolute atomic E-state index is 0.151. The number of benzene rings is 1. The molecule has 1 N–H and O–H groups in total. The number of hydrogen-bond acceptors (Lipinski definition) is 3. The van der Waals surface area contributed by atoms with Crippen LogP contribution < -0.4 is 10.1 Å². The van der Waals surface area contributed by atoms with Gasteiger partial charge in [0, 0.05) is 33.5 Å². The fourth-order valence-corrected chi connectivity index (χ4v) is 4.58. The molecule has 0 fully saturated rings. The summed E-state index contributed by atoms with van der Waals surface area (Å²) in [7, 11) is 2.01. The van der Waals surface area contributed by atoms with Gasteiger partial charge in [-0.05, 0) is 38.1 Å². The Kier molecular flexibility index (Phi) is 3.04. The van der Waals surface area contributed by atoms with Crippen molar-refractivity contribution < 1.29 is 4.74 Å². The topological polar surface area (TPSA) is 21.3 Å². The van der Waals surface area contributed by atoms with Crippen molar-refractivity contribution in [2.24, 2.45) is 0 Å². The Labute approximate surface area is 117 Å². The molecule has 1 aromatic carbocycles. The van der Waals surface area contributed by atoms with Crippen LogP contribution in [0.4, 0.5) is 0 Å². The second-order valence-electron chi connectivity index (χ2n) is 5.45. The van der Waals surface area contributed by atoms with Crippen LogP contribution in [0.25, 0.3) is 0 Å². The van der Waals surface area contributed by atoms with E-state index in [1.807, 2.05) is 18.8 Å². The minimum Gasteiger partial charge on any atom is -0.493 e. The lowest BCUT2D eigenvalue weighted by Crippen LogP contribution is -2.38. The van der Waals surface area contributed by atoms with Crippen molar-refractivity contribution in [1.82, 2.24) is 5.32 Å². The molecule has 98 valence electrons. The average Bonchev–Trinajstić information content (AvgIpc) is 2.76. The molecule has 1 unspecified atom stereocenters. The fourth-order valence-electron chi connectivity index (χ4n) is 3.02. The summed E-state index contributed by atoms with van der Waals surface area (Å²) < 4.78 is 5.96. The van der Waals surface area contributed by atoms with Gasteiger partial charge in [-0.3, -0.25) is 0 Å². The molecule has 0 aliphatic carbocycles. The highest BCUT2D eigenvalue weighted by Crippen LogP contribution is 2.51. The first kappa shape index (κ1) is 12.6. The highest BCUT2D eigenvalue weighted by Gasteiger charge is 2.39. The van der Waals surface area contributed by atoms with Crippen molar-refractivity contribution in [1.29, 1.82) is 0 Å². The van der Waals surface area contributed by atoms with Gasteiger partial charge in [0.05, 0.1) is 6.61 Å². The van der Waals surface area contributed by atoms with Gasteiger partial charge in [0.15, 0.2) is 0 Å². The van der Waals surface area contributed by atoms with Crippen LogP contribution >= 0.6 is 23.4 Å². The van der Waals surface area contributed by atoms with Crippen molar-refractivity contribution in [3.8, 4) is 5.75 Å². The number of hydrogen-bond donors (Lipinski definition) is 1. The van der Waals surface area contributed by atoms with E-state index in [1.165, 1.54) is 16.7 Å². The third-order valence-electron chi connectivity index (χ3n) is 3.93. The first-order valence-electron chi connectivity index (χ1n) is 6.33. The van der Waals surface area contributed by atoms with Crippen LogP contribution in [0, 0.1) is 0 Å². The SMILES string of the molecule is CNC1c2c(Cl)cc3c(c2CSC1(C)C)OCC3. The molecule has 0 saturated carbocycles. The molecule has 0 spiro atoms. The Balaban J connectivity index is 2.20. The standard InChI is InChI=1S/C14H18ClNOS/c1-14(2)13(16-3)11-9(7-18-14)12-8(4-5-17-12)6-10(11)15/h6,13,16H,4-5,7H2,1-3H3. The number of fused-ring (bicyclic) bond motifs is 3. The van der Waals surface area contributed by atoms with Crippen LogP contribution in [0.15, 0.2) is 6.07 Å². The normalized spacial score (nSPS) is 24.3. The van der Waals surface area contributed by atoms with E-state index in [0.717, 1.165) is 29.6 Å². The molecule has 2 nitrogen and oxygen atoms in total. The van der Waals surface area contributed by atoms with Crippen LogP contribution in [0.5, 0.6) is 5.75 Å². The second-order valence-corrected chi connectivity index (χ2v) is 7.49. The molecule has 0 saturated heterocycles. The van der Waals surface area contributed by atoms with Gasteiger partial charge in [0.2, 0.25) is 0 Å². The molecule has 0 amide bonds. The van der Waals surface area contributed by atoms with Crippen molar-refractivity contribution in [3.63, 3.8) is 0 Å². The van der Waals surface area contributed by atoms with Crippen LogP contribution in [0.1, 0.15) is 36.6 Å². The molecule has 4 heteroatoms. The van der Waals surface area contributed by atoms with E-state index in [0.29, 0.717) is 0 Å². The molecule has 2 aliphatic heterocycles. The van der Waals surface area contributed by atoms with E-state index in [-0.39, 0.29) is 10.8 Å². The van der Waals surface area contributed by atoms with Crippen LogP contribution in [0.2, 0.25) is 5.02 Å². The molecule has 2 heterocycles. The molecular weight excluding hydrogens is 266 g/mol. The summed E-state index contributed by atoms with van der Waals surface area (Å²) >= 11 is 8.49. The average molecular weight is 284 g/mol. The molecule has 1 atom stereocenters. The third kappa shape index (κ3) is 1.75. The van der Waals surface area contributed by atoms with E-state index in [2.05, 4.69) is 25.2 Å². The maximum atomic E-state index is 6.52. The molecule has 18 heavy (non-hydrogen) atoms. The highest BCUT2D eigenvalue weighted by atomic mass is 35.5. The predicted octanol–water partition coefficient (Wildman–Crippen LogP) is 3.56. The Morgan fingerprint density at radius 3 is 3.00 bits per heavy atom. The number of nitrogens with one attached hydrogen (secondary N) is 1. The summed E-state index contributed by atoms with van der Waals surface area (Å²) in [5.74, 6) is 2.08. The summed E-state index contributed by atoms with van der Waals surface area (Å²) in [4.78, 5) is 0. The van der Waals surface area contributed by atoms with Crippen LogP contribution in [-0.4, -0.2) is 18.4 Å². The summed E-state index contributed by atoms with van der Waals surface area (Å²) in [6.07, 6.45) is 0.987. The molecule has 2 aliphatic rings. The molecule has 0 radical (unpaired) electrons. The summed E-state index contributed by atoms with van der Waals surface area (Å²) in [6, 6.07) is 2.37. The van der Waals surface area contributed by atoms with Crippen molar-refractivity contribution in [2.75, 3.05) is 13.7 Å². The molecule has 0 bridgehead atoms. The number of halogens is 1. The third-order valence-corrected chi connectivity index (χ3v) is 5.65. The smallest absolute Gasteiger partial charge is 0.127 e. The molecular formula is C14H18ClNOS. The van der Waals surface area contributed by atoms with Gasteiger partial charge < -0.3 is 10.1 Å². The van der Waals surface area contributed by atoms with Gasteiger partial charge in [-0.2, -0.15) is 0 Å². The molecule has 3 rings (SSSR count). The number of thioether (sulfide) groups is 1. The van der Waals surface area contributed by atoms with E-state index >= 15 is 0 Å². The Morgan fingerprint density at radius 1 is 1.50 bits per heavy atom. The summed E-state index contributed by atoms with van der Waals surface area (Å²) in [5.41, 5.74) is 3.82. The lowest BCUT2D eigenvalue weighted by Gasteiger charge is -2.40. The largest absolute Gasteiger partial charge is 0.493 e. The maximum absolute atomic E-state index is 6.52. The quantitative estimate of drug-likeness (QED) is 0.851. The Morgan fingerprint density at radius 2 is 2.28 bits per heavy atom. The first-order chi connectivity index (χ1) is 8.54. The van der Waals surface area contributed by atoms with Gasteiger partial charge >= 0.3 is 0 Å². The van der Waals surface area contributed by atoms with Crippen molar-refractivity contribution >= 4 is 23.4 Å². The first-order valence-corrected chi connectivity index (χ1v) is 7.69. The van der Waals surface area contributed by atoms with E-state index in [9.17, 15) is 0 Å². The van der Waals surface area contributed by atoms with E-state index < -0.39 is 0 Å².